The highest BCUT2D eigenvalue weighted by Crippen LogP contribution is 2.36. The number of aliphatic imine (C=N–C) groups is 1. The number of benzene rings is 1. The summed E-state index contributed by atoms with van der Waals surface area (Å²) in [7, 11) is 0. The number of nitrogens with zero attached hydrogens (tertiary/aromatic N) is 1. The molecule has 2 aliphatic rings. The Morgan fingerprint density at radius 3 is 2.77 bits per heavy atom. The van der Waals surface area contributed by atoms with Crippen molar-refractivity contribution in [2.45, 2.75) is 45.1 Å². The van der Waals surface area contributed by atoms with Crippen LogP contribution >= 0.6 is 0 Å². The Labute approximate surface area is 132 Å². The molecule has 1 aromatic rings. The maximum atomic E-state index is 5.48. The molecule has 2 N–H and O–H groups in total. The predicted molar refractivity (Wildman–Crippen MR) is 87.7 cm³/mol. The first-order chi connectivity index (χ1) is 10.6. The van der Waals surface area contributed by atoms with Crippen molar-refractivity contribution in [3.63, 3.8) is 0 Å². The average molecular weight is 303 g/mol. The fourth-order valence-electron chi connectivity index (χ4n) is 2.43. The molecule has 22 heavy (non-hydrogen) atoms. The van der Waals surface area contributed by atoms with E-state index in [1.54, 1.807) is 0 Å². The lowest BCUT2D eigenvalue weighted by atomic mass is 9.84. The second kappa shape index (κ2) is 6.07. The Morgan fingerprint density at radius 1 is 1.27 bits per heavy atom. The zero-order valence-electron chi connectivity index (χ0n) is 13.6. The van der Waals surface area contributed by atoms with Gasteiger partial charge in [0.25, 0.3) is 0 Å². The third kappa shape index (κ3) is 3.46. The largest absolute Gasteiger partial charge is 0.454 e. The Kier molecular flexibility index (Phi) is 4.14. The van der Waals surface area contributed by atoms with E-state index in [1.807, 2.05) is 6.07 Å². The van der Waals surface area contributed by atoms with Crippen LogP contribution in [0.2, 0.25) is 0 Å². The number of hydrogen-bond donors (Lipinski definition) is 2. The van der Waals surface area contributed by atoms with Crippen LogP contribution in [-0.4, -0.2) is 31.9 Å². The van der Waals surface area contributed by atoms with Crippen molar-refractivity contribution in [2.75, 3.05) is 19.9 Å². The van der Waals surface area contributed by atoms with E-state index in [2.05, 4.69) is 43.5 Å². The third-order valence-corrected chi connectivity index (χ3v) is 4.05. The number of ether oxygens (including phenoxy) is 2. The summed E-state index contributed by atoms with van der Waals surface area (Å²) in [4.78, 5) is 4.76. The highest BCUT2D eigenvalue weighted by molar-refractivity contribution is 5.80. The maximum absolute atomic E-state index is 5.48. The molecule has 5 nitrogen and oxygen atoms in total. The summed E-state index contributed by atoms with van der Waals surface area (Å²) in [5, 5.41) is 6.77. The summed E-state index contributed by atoms with van der Waals surface area (Å²) in [5.41, 5.74) is 1.15. The highest BCUT2D eigenvalue weighted by atomic mass is 16.7. The number of rotatable bonds is 5. The van der Waals surface area contributed by atoms with Crippen LogP contribution in [0.5, 0.6) is 11.5 Å². The van der Waals surface area contributed by atoms with Crippen molar-refractivity contribution in [1.82, 2.24) is 10.6 Å². The monoisotopic (exact) mass is 303 g/mol. The molecule has 1 saturated carbocycles. The second-order valence-electron chi connectivity index (χ2n) is 6.57. The normalized spacial score (nSPS) is 17.5. The molecule has 0 bridgehead atoms. The van der Waals surface area contributed by atoms with Crippen LogP contribution in [-0.2, 0) is 5.41 Å². The summed E-state index contributed by atoms with van der Waals surface area (Å²) in [6.45, 7) is 8.40. The van der Waals surface area contributed by atoms with Gasteiger partial charge in [0.05, 0.1) is 6.54 Å². The molecule has 1 aliphatic carbocycles. The summed E-state index contributed by atoms with van der Waals surface area (Å²) >= 11 is 0. The zero-order valence-corrected chi connectivity index (χ0v) is 13.6. The Hall–Kier alpha value is -1.91. The number of fused-ring (bicyclic) bond motifs is 1. The third-order valence-electron chi connectivity index (χ3n) is 4.05. The lowest BCUT2D eigenvalue weighted by Crippen LogP contribution is -2.39. The molecule has 0 unspecified atom stereocenters. The molecule has 0 radical (unpaired) electrons. The predicted octanol–water partition coefficient (Wildman–Crippen LogP) is 2.41. The number of nitrogens with one attached hydrogen (secondary N) is 2. The van der Waals surface area contributed by atoms with E-state index in [4.69, 9.17) is 14.5 Å². The smallest absolute Gasteiger partial charge is 0.231 e. The summed E-state index contributed by atoms with van der Waals surface area (Å²) < 4.78 is 10.9. The minimum Gasteiger partial charge on any atom is -0.454 e. The summed E-state index contributed by atoms with van der Waals surface area (Å²) in [6, 6.07) is 6.76. The molecular weight excluding hydrogens is 278 g/mol. The summed E-state index contributed by atoms with van der Waals surface area (Å²) in [5.74, 6) is 2.57. The van der Waals surface area contributed by atoms with Crippen molar-refractivity contribution in [3.05, 3.63) is 23.8 Å². The van der Waals surface area contributed by atoms with Gasteiger partial charge < -0.3 is 20.1 Å². The molecule has 0 aromatic heterocycles. The minimum absolute atomic E-state index is 0.0626. The summed E-state index contributed by atoms with van der Waals surface area (Å²) in [6.07, 6.45) is 2.49. The van der Waals surface area contributed by atoms with Gasteiger partial charge in [-0.05, 0) is 37.5 Å². The van der Waals surface area contributed by atoms with E-state index in [0.29, 0.717) is 19.4 Å². The van der Waals surface area contributed by atoms with Gasteiger partial charge in [-0.3, -0.25) is 4.99 Å². The van der Waals surface area contributed by atoms with E-state index in [0.717, 1.165) is 24.0 Å². The molecule has 120 valence electrons. The number of hydrogen-bond acceptors (Lipinski definition) is 3. The van der Waals surface area contributed by atoms with E-state index >= 15 is 0 Å². The molecule has 1 heterocycles. The van der Waals surface area contributed by atoms with Crippen LogP contribution in [0, 0.1) is 0 Å². The van der Waals surface area contributed by atoms with Crippen LogP contribution in [0.15, 0.2) is 23.2 Å². The SMILES string of the molecule is CCNC(=NCC(C)(C)c1ccc2c(c1)OCO2)NC1CC1. The fraction of sp³-hybridized carbons (Fsp3) is 0.588. The van der Waals surface area contributed by atoms with Gasteiger partial charge in [-0.1, -0.05) is 19.9 Å². The van der Waals surface area contributed by atoms with Gasteiger partial charge in [0, 0.05) is 18.0 Å². The van der Waals surface area contributed by atoms with Crippen molar-refractivity contribution in [3.8, 4) is 11.5 Å². The van der Waals surface area contributed by atoms with Crippen LogP contribution < -0.4 is 20.1 Å². The first-order valence-corrected chi connectivity index (χ1v) is 8.03. The molecule has 1 aliphatic heterocycles. The topological polar surface area (TPSA) is 54.9 Å². The lowest BCUT2D eigenvalue weighted by molar-refractivity contribution is 0.174. The fourth-order valence-corrected chi connectivity index (χ4v) is 2.43. The highest BCUT2D eigenvalue weighted by Gasteiger charge is 2.25. The molecule has 0 atom stereocenters. The first-order valence-electron chi connectivity index (χ1n) is 8.03. The molecular formula is C17H25N3O2. The van der Waals surface area contributed by atoms with Crippen molar-refractivity contribution >= 4 is 5.96 Å². The van der Waals surface area contributed by atoms with Gasteiger partial charge in [0.2, 0.25) is 6.79 Å². The zero-order chi connectivity index (χ0) is 15.6. The standard InChI is InChI=1S/C17H25N3O2/c1-4-18-16(20-13-6-7-13)19-10-17(2,3)12-5-8-14-15(9-12)22-11-21-14/h5,8-9,13H,4,6-7,10-11H2,1-3H3,(H2,18,19,20). The second-order valence-corrected chi connectivity index (χ2v) is 6.57. The number of guanidine groups is 1. The molecule has 3 rings (SSSR count). The van der Waals surface area contributed by atoms with Crippen LogP contribution in [0.4, 0.5) is 0 Å². The molecule has 0 spiro atoms. The van der Waals surface area contributed by atoms with E-state index < -0.39 is 0 Å². The van der Waals surface area contributed by atoms with Gasteiger partial charge >= 0.3 is 0 Å². The van der Waals surface area contributed by atoms with Crippen LogP contribution in [0.1, 0.15) is 39.2 Å². The molecule has 5 heteroatoms. The Morgan fingerprint density at radius 2 is 2.05 bits per heavy atom. The average Bonchev–Trinajstić information content (AvgIpc) is 3.18. The van der Waals surface area contributed by atoms with E-state index in [9.17, 15) is 0 Å². The molecule has 0 amide bonds. The maximum Gasteiger partial charge on any atom is 0.231 e. The minimum atomic E-state index is -0.0626. The van der Waals surface area contributed by atoms with Gasteiger partial charge in [0.15, 0.2) is 17.5 Å². The van der Waals surface area contributed by atoms with Crippen molar-refractivity contribution in [2.24, 2.45) is 4.99 Å². The van der Waals surface area contributed by atoms with Crippen molar-refractivity contribution in [1.29, 1.82) is 0 Å². The van der Waals surface area contributed by atoms with E-state index in [1.165, 1.54) is 18.4 Å². The van der Waals surface area contributed by atoms with Crippen LogP contribution in [0.25, 0.3) is 0 Å². The van der Waals surface area contributed by atoms with Gasteiger partial charge in [-0.25, -0.2) is 0 Å². The van der Waals surface area contributed by atoms with Gasteiger partial charge in [-0.2, -0.15) is 0 Å². The Bertz CT molecular complexity index is 565. The molecule has 0 saturated heterocycles. The van der Waals surface area contributed by atoms with Gasteiger partial charge in [-0.15, -0.1) is 0 Å². The first kappa shape index (κ1) is 15.0. The van der Waals surface area contributed by atoms with Gasteiger partial charge in [0.1, 0.15) is 0 Å². The molecule has 1 fully saturated rings. The molecule has 1 aromatic carbocycles. The lowest BCUT2D eigenvalue weighted by Gasteiger charge is -2.24. The Balaban J connectivity index is 1.71. The van der Waals surface area contributed by atoms with E-state index in [-0.39, 0.29) is 5.41 Å². The van der Waals surface area contributed by atoms with Crippen LogP contribution in [0.3, 0.4) is 0 Å². The van der Waals surface area contributed by atoms with Crippen molar-refractivity contribution < 1.29 is 9.47 Å². The quantitative estimate of drug-likeness (QED) is 0.648.